The number of anilines is 1. The van der Waals surface area contributed by atoms with Crippen LogP contribution >= 0.6 is 0 Å². The molecule has 1 amide bonds. The molecule has 1 aromatic rings. The van der Waals surface area contributed by atoms with E-state index in [0.29, 0.717) is 51.0 Å². The molecule has 24 heavy (non-hydrogen) atoms. The molecule has 7 nitrogen and oxygen atoms in total. The Bertz CT molecular complexity index is 568. The number of amides is 1. The Hall–Kier alpha value is -1.89. The van der Waals surface area contributed by atoms with Crippen LogP contribution in [-0.4, -0.2) is 59.1 Å². The normalized spacial score (nSPS) is 17.5. The predicted octanol–water partition coefficient (Wildman–Crippen LogP) is 1.35. The van der Waals surface area contributed by atoms with Gasteiger partial charge in [0.1, 0.15) is 0 Å². The van der Waals surface area contributed by atoms with Gasteiger partial charge in [-0.25, -0.2) is 4.98 Å². The van der Waals surface area contributed by atoms with Gasteiger partial charge in [-0.3, -0.25) is 4.79 Å². The number of piperazine rings is 1. The van der Waals surface area contributed by atoms with E-state index in [4.69, 9.17) is 10.5 Å². The Kier molecular flexibility index (Phi) is 5.99. The van der Waals surface area contributed by atoms with Crippen LogP contribution in [0.3, 0.4) is 0 Å². The maximum absolute atomic E-state index is 12.6. The zero-order valence-electron chi connectivity index (χ0n) is 15.2. The third kappa shape index (κ3) is 4.35. The third-order valence-electron chi connectivity index (χ3n) is 4.22. The van der Waals surface area contributed by atoms with Gasteiger partial charge in [0.25, 0.3) is 0 Å². The number of carbonyl (C=O) groups is 1. The maximum atomic E-state index is 12.6. The van der Waals surface area contributed by atoms with Gasteiger partial charge in [-0.05, 0) is 27.2 Å². The molecular weight excluding hydrogens is 306 g/mol. The largest absolute Gasteiger partial charge is 0.478 e. The van der Waals surface area contributed by atoms with Crippen molar-refractivity contribution in [3.63, 3.8) is 0 Å². The van der Waals surface area contributed by atoms with Gasteiger partial charge in [-0.1, -0.05) is 13.3 Å². The van der Waals surface area contributed by atoms with E-state index in [1.54, 1.807) is 0 Å². The summed E-state index contributed by atoms with van der Waals surface area (Å²) in [6.45, 7) is 11.0. The molecule has 1 aliphatic rings. The number of nitrogens with two attached hydrogens (primary N) is 1. The number of carbonyl (C=O) groups excluding carboxylic acids is 1. The van der Waals surface area contributed by atoms with Crippen molar-refractivity contribution >= 4 is 11.9 Å². The Morgan fingerprint density at radius 1 is 1.29 bits per heavy atom. The minimum atomic E-state index is -0.779. The topological polar surface area (TPSA) is 84.6 Å². The first kappa shape index (κ1) is 18.4. The predicted molar refractivity (Wildman–Crippen MR) is 94.2 cm³/mol. The number of aryl methyl sites for hydroxylation is 1. The first-order chi connectivity index (χ1) is 11.4. The van der Waals surface area contributed by atoms with Gasteiger partial charge in [0, 0.05) is 37.9 Å². The van der Waals surface area contributed by atoms with Gasteiger partial charge in [-0.2, -0.15) is 4.98 Å². The molecular formula is C17H29N5O2. The molecule has 1 saturated heterocycles. The molecule has 2 heterocycles. The van der Waals surface area contributed by atoms with Crippen molar-refractivity contribution in [2.24, 2.45) is 5.73 Å². The van der Waals surface area contributed by atoms with Gasteiger partial charge in [-0.15, -0.1) is 0 Å². The molecule has 134 valence electrons. The van der Waals surface area contributed by atoms with Gasteiger partial charge < -0.3 is 20.3 Å². The second-order valence-corrected chi connectivity index (χ2v) is 6.53. The summed E-state index contributed by atoms with van der Waals surface area (Å²) in [7, 11) is 0. The van der Waals surface area contributed by atoms with Crippen molar-refractivity contribution in [3.05, 3.63) is 11.8 Å². The van der Waals surface area contributed by atoms with Crippen molar-refractivity contribution in [2.75, 3.05) is 37.7 Å². The standard InChI is InChI=1S/C17H29N5O2/c1-5-7-17(4,18)15(23)21-8-10-22(11-9-21)16-19-13(3)12-14(20-16)24-6-2/h12H,5-11,18H2,1-4H3. The van der Waals surface area contributed by atoms with Gasteiger partial charge in [0.15, 0.2) is 0 Å². The summed E-state index contributed by atoms with van der Waals surface area (Å²) in [5.74, 6) is 1.29. The Morgan fingerprint density at radius 3 is 2.54 bits per heavy atom. The first-order valence-corrected chi connectivity index (χ1v) is 8.69. The summed E-state index contributed by atoms with van der Waals surface area (Å²) in [4.78, 5) is 25.5. The number of nitrogens with zero attached hydrogens (tertiary/aromatic N) is 4. The fourth-order valence-corrected chi connectivity index (χ4v) is 2.98. The van der Waals surface area contributed by atoms with Crippen molar-refractivity contribution in [1.82, 2.24) is 14.9 Å². The van der Waals surface area contributed by atoms with E-state index < -0.39 is 5.54 Å². The molecule has 2 N–H and O–H groups in total. The molecule has 1 aromatic heterocycles. The minimum absolute atomic E-state index is 0.0316. The Balaban J connectivity index is 2.01. The molecule has 1 atom stereocenters. The smallest absolute Gasteiger partial charge is 0.242 e. The van der Waals surface area contributed by atoms with Crippen LogP contribution in [0.5, 0.6) is 5.88 Å². The second-order valence-electron chi connectivity index (χ2n) is 6.53. The molecule has 0 aliphatic carbocycles. The number of ether oxygens (including phenoxy) is 1. The van der Waals surface area contributed by atoms with Crippen LogP contribution in [0.4, 0.5) is 5.95 Å². The zero-order chi connectivity index (χ0) is 17.7. The Labute approximate surface area is 144 Å². The molecule has 1 aliphatic heterocycles. The van der Waals surface area contributed by atoms with Crippen molar-refractivity contribution in [1.29, 1.82) is 0 Å². The summed E-state index contributed by atoms with van der Waals surface area (Å²) in [6.07, 6.45) is 1.60. The van der Waals surface area contributed by atoms with Crippen LogP contribution in [0, 0.1) is 6.92 Å². The van der Waals surface area contributed by atoms with Crippen LogP contribution in [0.25, 0.3) is 0 Å². The molecule has 2 rings (SSSR count). The molecule has 1 fully saturated rings. The summed E-state index contributed by atoms with van der Waals surface area (Å²) >= 11 is 0. The molecule has 0 aromatic carbocycles. The van der Waals surface area contributed by atoms with Crippen LogP contribution in [0.15, 0.2) is 6.07 Å². The fraction of sp³-hybridized carbons (Fsp3) is 0.706. The number of hydrogen-bond donors (Lipinski definition) is 1. The highest BCUT2D eigenvalue weighted by Gasteiger charge is 2.33. The molecule has 0 spiro atoms. The lowest BCUT2D eigenvalue weighted by Gasteiger charge is -2.38. The van der Waals surface area contributed by atoms with Crippen molar-refractivity contribution in [3.8, 4) is 5.88 Å². The van der Waals surface area contributed by atoms with Gasteiger partial charge in [0.05, 0.1) is 12.1 Å². The van der Waals surface area contributed by atoms with Crippen molar-refractivity contribution in [2.45, 2.75) is 46.1 Å². The maximum Gasteiger partial charge on any atom is 0.242 e. The van der Waals surface area contributed by atoms with Gasteiger partial charge in [0.2, 0.25) is 17.7 Å². The lowest BCUT2D eigenvalue weighted by Crippen LogP contribution is -2.58. The summed E-state index contributed by atoms with van der Waals surface area (Å²) < 4.78 is 5.49. The average Bonchev–Trinajstić information content (AvgIpc) is 2.54. The van der Waals surface area contributed by atoms with Crippen LogP contribution in [0.1, 0.15) is 39.3 Å². The van der Waals surface area contributed by atoms with Crippen LogP contribution in [0.2, 0.25) is 0 Å². The van der Waals surface area contributed by atoms with Gasteiger partial charge >= 0.3 is 0 Å². The number of hydrogen-bond acceptors (Lipinski definition) is 6. The molecule has 0 saturated carbocycles. The second kappa shape index (κ2) is 7.79. The van der Waals surface area contributed by atoms with E-state index in [1.807, 2.05) is 38.7 Å². The minimum Gasteiger partial charge on any atom is -0.478 e. The average molecular weight is 335 g/mol. The van der Waals surface area contributed by atoms with Crippen LogP contribution in [-0.2, 0) is 4.79 Å². The summed E-state index contributed by atoms with van der Waals surface area (Å²) in [6, 6.07) is 1.83. The highest BCUT2D eigenvalue weighted by molar-refractivity contribution is 5.85. The fourth-order valence-electron chi connectivity index (χ4n) is 2.98. The quantitative estimate of drug-likeness (QED) is 0.845. The first-order valence-electron chi connectivity index (χ1n) is 8.69. The third-order valence-corrected chi connectivity index (χ3v) is 4.22. The van der Waals surface area contributed by atoms with E-state index in [1.165, 1.54) is 0 Å². The van der Waals surface area contributed by atoms with E-state index in [9.17, 15) is 4.79 Å². The molecule has 0 bridgehead atoms. The van der Waals surface area contributed by atoms with Crippen LogP contribution < -0.4 is 15.4 Å². The Morgan fingerprint density at radius 2 is 1.96 bits per heavy atom. The highest BCUT2D eigenvalue weighted by atomic mass is 16.5. The van der Waals surface area contributed by atoms with E-state index in [-0.39, 0.29) is 5.91 Å². The van der Waals surface area contributed by atoms with E-state index in [2.05, 4.69) is 14.9 Å². The molecule has 0 radical (unpaired) electrons. The van der Waals surface area contributed by atoms with E-state index >= 15 is 0 Å². The highest BCUT2D eigenvalue weighted by Crippen LogP contribution is 2.19. The number of aromatic nitrogens is 2. The summed E-state index contributed by atoms with van der Waals surface area (Å²) in [5.41, 5.74) is 6.27. The molecule has 1 unspecified atom stereocenters. The van der Waals surface area contributed by atoms with Crippen molar-refractivity contribution < 1.29 is 9.53 Å². The monoisotopic (exact) mass is 335 g/mol. The van der Waals surface area contributed by atoms with E-state index in [0.717, 1.165) is 12.1 Å². The lowest BCUT2D eigenvalue weighted by atomic mass is 9.95. The zero-order valence-corrected chi connectivity index (χ0v) is 15.2. The number of rotatable bonds is 6. The lowest BCUT2D eigenvalue weighted by molar-refractivity contribution is -0.137. The molecule has 7 heteroatoms. The SMILES string of the molecule is CCCC(C)(N)C(=O)N1CCN(c2nc(C)cc(OCC)n2)CC1. The summed E-state index contributed by atoms with van der Waals surface area (Å²) in [5, 5.41) is 0.